The molecule has 0 saturated carbocycles. The van der Waals surface area contributed by atoms with Gasteiger partial charge in [0, 0.05) is 0 Å². The fourth-order valence-electron chi connectivity index (χ4n) is 3.71. The molecular formula is C20H18N2O7. The maximum atomic E-state index is 13.1. The second kappa shape index (κ2) is 6.69. The molecule has 0 N–H and O–H groups in total. The van der Waals surface area contributed by atoms with Gasteiger partial charge in [0.15, 0.2) is 23.0 Å². The zero-order valence-electron chi connectivity index (χ0n) is 16.3. The summed E-state index contributed by atoms with van der Waals surface area (Å²) in [6.45, 7) is 0.0411. The lowest BCUT2D eigenvalue weighted by molar-refractivity contribution is 0.00468. The summed E-state index contributed by atoms with van der Waals surface area (Å²) in [6, 6.07) is 6.40. The molecule has 2 aromatic rings. The largest absolute Gasteiger partial charge is 0.493 e. The van der Waals surface area contributed by atoms with E-state index >= 15 is 0 Å². The van der Waals surface area contributed by atoms with Gasteiger partial charge in [0.05, 0.1) is 46.1 Å². The van der Waals surface area contributed by atoms with Crippen LogP contribution in [0.15, 0.2) is 24.3 Å². The Labute approximate surface area is 166 Å². The smallest absolute Gasteiger partial charge is 0.284 e. The molecule has 9 nitrogen and oxygen atoms in total. The van der Waals surface area contributed by atoms with Crippen LogP contribution in [0.2, 0.25) is 0 Å². The van der Waals surface area contributed by atoms with E-state index in [1.807, 2.05) is 0 Å². The summed E-state index contributed by atoms with van der Waals surface area (Å²) in [5, 5.41) is 1.93. The number of rotatable bonds is 5. The van der Waals surface area contributed by atoms with Crippen LogP contribution in [0.3, 0.4) is 0 Å². The Morgan fingerprint density at radius 3 is 1.86 bits per heavy atom. The van der Waals surface area contributed by atoms with Gasteiger partial charge in [0.2, 0.25) is 0 Å². The van der Waals surface area contributed by atoms with Crippen molar-refractivity contribution in [1.82, 2.24) is 10.0 Å². The van der Waals surface area contributed by atoms with Gasteiger partial charge >= 0.3 is 0 Å². The molecule has 29 heavy (non-hydrogen) atoms. The first-order chi connectivity index (χ1) is 14.0. The number of ether oxygens (including phenoxy) is 4. The van der Waals surface area contributed by atoms with Gasteiger partial charge in [-0.1, -0.05) is 6.07 Å². The number of hydrazine groups is 1. The Bertz CT molecular complexity index is 1060. The number of nitrogens with zero attached hydrogens (tertiary/aromatic N) is 2. The van der Waals surface area contributed by atoms with Crippen molar-refractivity contribution in [3.8, 4) is 23.0 Å². The van der Waals surface area contributed by atoms with E-state index in [2.05, 4.69) is 0 Å². The monoisotopic (exact) mass is 398 g/mol. The van der Waals surface area contributed by atoms with Crippen LogP contribution >= 0.6 is 0 Å². The summed E-state index contributed by atoms with van der Waals surface area (Å²) in [6.07, 6.45) is 0. The quantitative estimate of drug-likeness (QED) is 0.710. The zero-order chi connectivity index (χ0) is 20.9. The molecule has 0 fully saturated rings. The number of carbonyl (C=O) groups excluding carboxylic acids is 3. The molecule has 0 atom stereocenters. The lowest BCUT2D eigenvalue weighted by Crippen LogP contribution is -2.46. The number of amides is 3. The number of carbonyl (C=O) groups is 3. The Kier molecular flexibility index (Phi) is 4.30. The average molecular weight is 398 g/mol. The summed E-state index contributed by atoms with van der Waals surface area (Å²) in [4.78, 5) is 39.3. The third-order valence-electron chi connectivity index (χ3n) is 5.02. The Morgan fingerprint density at radius 1 is 0.690 bits per heavy atom. The molecule has 0 saturated heterocycles. The Hall–Kier alpha value is -3.75. The summed E-state index contributed by atoms with van der Waals surface area (Å²) in [7, 11) is 5.70. The number of hydrogen-bond acceptors (Lipinski definition) is 7. The SMILES string of the molecule is COc1ccc2c(c1OC)C(=O)N(N1C(=O)c3ccc(OC)c(OC)c3C1=O)C2. The first-order valence-corrected chi connectivity index (χ1v) is 8.67. The molecule has 4 rings (SSSR count). The second-order valence-electron chi connectivity index (χ2n) is 6.34. The van der Waals surface area contributed by atoms with Gasteiger partial charge in [-0.15, -0.1) is 0 Å². The highest BCUT2D eigenvalue weighted by Crippen LogP contribution is 2.42. The fraction of sp³-hybridized carbons (Fsp3) is 0.250. The van der Waals surface area contributed by atoms with E-state index in [9.17, 15) is 14.4 Å². The van der Waals surface area contributed by atoms with Gasteiger partial charge in [-0.3, -0.25) is 14.4 Å². The topological polar surface area (TPSA) is 94.6 Å². The predicted octanol–water partition coefficient (Wildman–Crippen LogP) is 1.89. The predicted molar refractivity (Wildman–Crippen MR) is 99.5 cm³/mol. The molecule has 0 unspecified atom stereocenters. The third kappa shape index (κ3) is 2.43. The van der Waals surface area contributed by atoms with E-state index in [0.717, 1.165) is 10.0 Å². The maximum absolute atomic E-state index is 13.1. The molecule has 150 valence electrons. The maximum Gasteiger partial charge on any atom is 0.284 e. The van der Waals surface area contributed by atoms with Crippen molar-refractivity contribution >= 4 is 17.7 Å². The molecule has 0 aliphatic carbocycles. The van der Waals surface area contributed by atoms with E-state index in [-0.39, 0.29) is 34.7 Å². The summed E-state index contributed by atoms with van der Waals surface area (Å²) in [5.74, 6) is -0.698. The molecule has 0 bridgehead atoms. The van der Waals surface area contributed by atoms with Crippen molar-refractivity contribution in [1.29, 1.82) is 0 Å². The lowest BCUT2D eigenvalue weighted by Gasteiger charge is -2.25. The fourth-order valence-corrected chi connectivity index (χ4v) is 3.71. The summed E-state index contributed by atoms with van der Waals surface area (Å²) >= 11 is 0. The molecule has 2 aliphatic heterocycles. The molecule has 0 spiro atoms. The van der Waals surface area contributed by atoms with Crippen LogP contribution < -0.4 is 18.9 Å². The first kappa shape index (κ1) is 18.6. The van der Waals surface area contributed by atoms with Gasteiger partial charge in [-0.2, -0.15) is 5.01 Å². The van der Waals surface area contributed by atoms with Crippen LogP contribution in [0.25, 0.3) is 0 Å². The van der Waals surface area contributed by atoms with E-state index in [1.165, 1.54) is 34.5 Å². The molecule has 3 amide bonds. The van der Waals surface area contributed by atoms with Gasteiger partial charge in [0.1, 0.15) is 5.56 Å². The van der Waals surface area contributed by atoms with Gasteiger partial charge in [-0.05, 0) is 23.8 Å². The highest BCUT2D eigenvalue weighted by atomic mass is 16.5. The van der Waals surface area contributed by atoms with Gasteiger partial charge < -0.3 is 18.9 Å². The van der Waals surface area contributed by atoms with Crippen molar-refractivity contribution in [3.63, 3.8) is 0 Å². The summed E-state index contributed by atoms with van der Waals surface area (Å²) < 4.78 is 21.1. The second-order valence-corrected chi connectivity index (χ2v) is 6.34. The standard InChI is InChI=1S/C20H18N2O7/c1-26-12-7-5-10-9-21(19(24)14(10)16(12)28-3)22-18(23)11-6-8-13(27-2)17(29-4)15(11)20(22)25/h5-8H,9H2,1-4H3. The van der Waals surface area contributed by atoms with E-state index in [0.29, 0.717) is 17.1 Å². The molecule has 2 heterocycles. The average Bonchev–Trinajstić information content (AvgIpc) is 3.20. The summed E-state index contributed by atoms with van der Waals surface area (Å²) in [5.41, 5.74) is 1.08. The zero-order valence-corrected chi connectivity index (χ0v) is 16.3. The van der Waals surface area contributed by atoms with Crippen molar-refractivity contribution in [2.75, 3.05) is 28.4 Å². The number of imide groups is 1. The first-order valence-electron chi connectivity index (χ1n) is 8.67. The highest BCUT2D eigenvalue weighted by molar-refractivity contribution is 6.24. The molecule has 0 radical (unpaired) electrons. The Balaban J connectivity index is 1.78. The van der Waals surface area contributed by atoms with E-state index in [4.69, 9.17) is 18.9 Å². The molecule has 2 aliphatic rings. The number of benzene rings is 2. The minimum atomic E-state index is -0.659. The minimum Gasteiger partial charge on any atom is -0.493 e. The van der Waals surface area contributed by atoms with Gasteiger partial charge in [-0.25, -0.2) is 5.01 Å². The highest BCUT2D eigenvalue weighted by Gasteiger charge is 2.47. The van der Waals surface area contributed by atoms with E-state index in [1.54, 1.807) is 18.2 Å². The van der Waals surface area contributed by atoms with Crippen LogP contribution in [-0.2, 0) is 6.54 Å². The lowest BCUT2D eigenvalue weighted by atomic mass is 10.1. The third-order valence-corrected chi connectivity index (χ3v) is 5.02. The van der Waals surface area contributed by atoms with Crippen LogP contribution in [0.4, 0.5) is 0 Å². The van der Waals surface area contributed by atoms with Crippen LogP contribution in [0.5, 0.6) is 23.0 Å². The molecule has 2 aromatic carbocycles. The Morgan fingerprint density at radius 2 is 1.28 bits per heavy atom. The number of methoxy groups -OCH3 is 4. The van der Waals surface area contributed by atoms with Gasteiger partial charge in [0.25, 0.3) is 17.7 Å². The van der Waals surface area contributed by atoms with Crippen molar-refractivity contribution in [2.45, 2.75) is 6.54 Å². The number of hydrogen-bond donors (Lipinski definition) is 0. The molecule has 0 aromatic heterocycles. The van der Waals surface area contributed by atoms with Crippen molar-refractivity contribution in [3.05, 3.63) is 46.5 Å². The minimum absolute atomic E-state index is 0.0411. The van der Waals surface area contributed by atoms with Crippen LogP contribution in [-0.4, -0.2) is 56.2 Å². The van der Waals surface area contributed by atoms with Crippen molar-refractivity contribution in [2.24, 2.45) is 0 Å². The normalized spacial score (nSPS) is 14.8. The van der Waals surface area contributed by atoms with Crippen molar-refractivity contribution < 1.29 is 33.3 Å². The van der Waals surface area contributed by atoms with Crippen LogP contribution in [0, 0.1) is 0 Å². The van der Waals surface area contributed by atoms with Crippen LogP contribution in [0.1, 0.15) is 36.6 Å². The molecular weight excluding hydrogens is 380 g/mol. The molecule has 9 heteroatoms. The van der Waals surface area contributed by atoms with E-state index < -0.39 is 17.7 Å². The number of fused-ring (bicyclic) bond motifs is 2.